The van der Waals surface area contributed by atoms with Crippen molar-refractivity contribution in [2.75, 3.05) is 20.2 Å². The lowest BCUT2D eigenvalue weighted by molar-refractivity contribution is 0.257. The summed E-state index contributed by atoms with van der Waals surface area (Å²) in [5, 5.41) is 0. The number of aromatic nitrogens is 1. The highest BCUT2D eigenvalue weighted by atomic mass is 16.5. The Morgan fingerprint density at radius 1 is 1.14 bits per heavy atom. The number of rotatable bonds is 8. The fraction of sp³-hybridized carbons (Fsp3) is 0.353. The molecule has 1 aromatic carbocycles. The molecule has 0 atom stereocenters. The zero-order valence-corrected chi connectivity index (χ0v) is 12.5. The van der Waals surface area contributed by atoms with E-state index in [0.717, 1.165) is 36.5 Å². The van der Waals surface area contributed by atoms with E-state index in [-0.39, 0.29) is 0 Å². The zero-order chi connectivity index (χ0) is 14.9. The van der Waals surface area contributed by atoms with E-state index < -0.39 is 0 Å². The third kappa shape index (κ3) is 5.53. The SMILES string of the molecule is CN(CCCOc1ccc(CN)cc1)Cc1ccccn1. The maximum atomic E-state index is 5.72. The van der Waals surface area contributed by atoms with Crippen LogP contribution in [0.3, 0.4) is 0 Å². The fourth-order valence-corrected chi connectivity index (χ4v) is 2.09. The van der Waals surface area contributed by atoms with E-state index >= 15 is 0 Å². The van der Waals surface area contributed by atoms with E-state index in [9.17, 15) is 0 Å². The second-order valence-corrected chi connectivity index (χ2v) is 5.11. The Balaban J connectivity index is 1.64. The lowest BCUT2D eigenvalue weighted by atomic mass is 10.2. The van der Waals surface area contributed by atoms with E-state index in [2.05, 4.69) is 16.9 Å². The molecule has 0 saturated carbocycles. The minimum atomic E-state index is 0.568. The van der Waals surface area contributed by atoms with Crippen LogP contribution in [0, 0.1) is 0 Å². The van der Waals surface area contributed by atoms with Crippen molar-refractivity contribution in [3.05, 3.63) is 59.9 Å². The summed E-state index contributed by atoms with van der Waals surface area (Å²) < 4.78 is 5.72. The molecule has 0 aliphatic heterocycles. The monoisotopic (exact) mass is 285 g/mol. The van der Waals surface area contributed by atoms with Gasteiger partial charge in [-0.3, -0.25) is 4.98 Å². The van der Waals surface area contributed by atoms with E-state index in [1.165, 1.54) is 0 Å². The van der Waals surface area contributed by atoms with Crippen molar-refractivity contribution in [2.45, 2.75) is 19.5 Å². The molecule has 4 heteroatoms. The molecule has 1 aromatic heterocycles. The Morgan fingerprint density at radius 2 is 1.95 bits per heavy atom. The van der Waals surface area contributed by atoms with Gasteiger partial charge in [-0.05, 0) is 43.3 Å². The van der Waals surface area contributed by atoms with Crippen LogP contribution in [0.2, 0.25) is 0 Å². The first-order valence-corrected chi connectivity index (χ1v) is 7.28. The molecule has 0 aliphatic rings. The van der Waals surface area contributed by atoms with Gasteiger partial charge in [-0.15, -0.1) is 0 Å². The molecular formula is C17H23N3O. The van der Waals surface area contributed by atoms with Gasteiger partial charge < -0.3 is 15.4 Å². The van der Waals surface area contributed by atoms with Crippen LogP contribution in [0.15, 0.2) is 48.7 Å². The molecule has 0 spiro atoms. The van der Waals surface area contributed by atoms with Gasteiger partial charge in [-0.1, -0.05) is 18.2 Å². The van der Waals surface area contributed by atoms with Crippen molar-refractivity contribution in [3.8, 4) is 5.75 Å². The maximum Gasteiger partial charge on any atom is 0.119 e. The number of hydrogen-bond donors (Lipinski definition) is 1. The zero-order valence-electron chi connectivity index (χ0n) is 12.5. The summed E-state index contributed by atoms with van der Waals surface area (Å²) in [6.07, 6.45) is 2.82. The van der Waals surface area contributed by atoms with Crippen LogP contribution in [0.4, 0.5) is 0 Å². The highest BCUT2D eigenvalue weighted by molar-refractivity contribution is 5.27. The van der Waals surface area contributed by atoms with E-state index in [0.29, 0.717) is 13.2 Å². The van der Waals surface area contributed by atoms with Gasteiger partial charge in [0.15, 0.2) is 0 Å². The third-order valence-corrected chi connectivity index (χ3v) is 3.27. The Hall–Kier alpha value is -1.91. The first kappa shape index (κ1) is 15.5. The first-order chi connectivity index (χ1) is 10.3. The summed E-state index contributed by atoms with van der Waals surface area (Å²) in [6.45, 7) is 3.14. The molecule has 2 N–H and O–H groups in total. The standard InChI is InChI=1S/C17H23N3O/c1-20(14-16-5-2-3-10-19-16)11-4-12-21-17-8-6-15(13-18)7-9-17/h2-3,5-10H,4,11-14,18H2,1H3. The van der Waals surface area contributed by atoms with Crippen molar-refractivity contribution in [2.24, 2.45) is 5.73 Å². The van der Waals surface area contributed by atoms with Gasteiger partial charge >= 0.3 is 0 Å². The summed E-state index contributed by atoms with van der Waals surface area (Å²) in [4.78, 5) is 6.58. The summed E-state index contributed by atoms with van der Waals surface area (Å²) in [7, 11) is 2.10. The van der Waals surface area contributed by atoms with Gasteiger partial charge in [0.2, 0.25) is 0 Å². The van der Waals surface area contributed by atoms with Crippen molar-refractivity contribution < 1.29 is 4.74 Å². The summed E-state index contributed by atoms with van der Waals surface area (Å²) in [5.74, 6) is 0.902. The molecule has 0 unspecified atom stereocenters. The number of nitrogens with two attached hydrogens (primary N) is 1. The summed E-state index contributed by atoms with van der Waals surface area (Å²) in [6, 6.07) is 14.0. The van der Waals surface area contributed by atoms with E-state index in [4.69, 9.17) is 10.5 Å². The van der Waals surface area contributed by atoms with Crippen molar-refractivity contribution in [1.29, 1.82) is 0 Å². The number of pyridine rings is 1. The maximum absolute atomic E-state index is 5.72. The van der Waals surface area contributed by atoms with E-state index in [1.54, 1.807) is 0 Å². The minimum Gasteiger partial charge on any atom is -0.494 e. The molecule has 0 bridgehead atoms. The second kappa shape index (κ2) is 8.39. The molecule has 1 heterocycles. The number of nitrogens with zero attached hydrogens (tertiary/aromatic N) is 2. The van der Waals surface area contributed by atoms with Crippen LogP contribution in [0.1, 0.15) is 17.7 Å². The van der Waals surface area contributed by atoms with Gasteiger partial charge in [0.05, 0.1) is 12.3 Å². The Morgan fingerprint density at radius 3 is 2.62 bits per heavy atom. The first-order valence-electron chi connectivity index (χ1n) is 7.28. The molecule has 4 nitrogen and oxygen atoms in total. The highest BCUT2D eigenvalue weighted by Gasteiger charge is 2.01. The van der Waals surface area contributed by atoms with Gasteiger partial charge in [0.25, 0.3) is 0 Å². The quantitative estimate of drug-likeness (QED) is 0.757. The Kier molecular flexibility index (Phi) is 6.19. The lowest BCUT2D eigenvalue weighted by Gasteiger charge is -2.16. The normalized spacial score (nSPS) is 10.8. The fourth-order valence-electron chi connectivity index (χ4n) is 2.09. The molecule has 2 rings (SSSR count). The second-order valence-electron chi connectivity index (χ2n) is 5.11. The molecular weight excluding hydrogens is 262 g/mol. The number of benzene rings is 1. The molecule has 0 radical (unpaired) electrons. The third-order valence-electron chi connectivity index (χ3n) is 3.27. The van der Waals surface area contributed by atoms with Crippen LogP contribution < -0.4 is 10.5 Å². The molecule has 0 saturated heterocycles. The Bertz CT molecular complexity index is 513. The van der Waals surface area contributed by atoms with Gasteiger partial charge in [-0.25, -0.2) is 0 Å². The number of hydrogen-bond acceptors (Lipinski definition) is 4. The largest absolute Gasteiger partial charge is 0.494 e. The molecule has 21 heavy (non-hydrogen) atoms. The topological polar surface area (TPSA) is 51.4 Å². The molecule has 2 aromatic rings. The molecule has 0 amide bonds. The minimum absolute atomic E-state index is 0.568. The lowest BCUT2D eigenvalue weighted by Crippen LogP contribution is -2.21. The van der Waals surface area contributed by atoms with Crippen molar-refractivity contribution >= 4 is 0 Å². The van der Waals surface area contributed by atoms with Gasteiger partial charge in [0, 0.05) is 25.8 Å². The molecule has 0 aliphatic carbocycles. The predicted octanol–water partition coefficient (Wildman–Crippen LogP) is 2.44. The van der Waals surface area contributed by atoms with E-state index in [1.807, 2.05) is 48.7 Å². The average molecular weight is 285 g/mol. The number of ether oxygens (including phenoxy) is 1. The predicted molar refractivity (Wildman–Crippen MR) is 85.0 cm³/mol. The Labute approximate surface area is 126 Å². The van der Waals surface area contributed by atoms with Gasteiger partial charge in [0.1, 0.15) is 5.75 Å². The van der Waals surface area contributed by atoms with Gasteiger partial charge in [-0.2, -0.15) is 0 Å². The molecule has 0 fully saturated rings. The van der Waals surface area contributed by atoms with Crippen molar-refractivity contribution in [1.82, 2.24) is 9.88 Å². The van der Waals surface area contributed by atoms with Crippen LogP contribution in [0.5, 0.6) is 5.75 Å². The van der Waals surface area contributed by atoms with Crippen LogP contribution in [0.25, 0.3) is 0 Å². The highest BCUT2D eigenvalue weighted by Crippen LogP contribution is 2.12. The van der Waals surface area contributed by atoms with Crippen LogP contribution in [-0.4, -0.2) is 30.1 Å². The van der Waals surface area contributed by atoms with Crippen molar-refractivity contribution in [3.63, 3.8) is 0 Å². The van der Waals surface area contributed by atoms with Crippen LogP contribution in [-0.2, 0) is 13.1 Å². The summed E-state index contributed by atoms with van der Waals surface area (Å²) in [5.41, 5.74) is 7.78. The average Bonchev–Trinajstić information content (AvgIpc) is 2.53. The summed E-state index contributed by atoms with van der Waals surface area (Å²) >= 11 is 0. The van der Waals surface area contributed by atoms with Crippen LogP contribution >= 0.6 is 0 Å². The molecule has 112 valence electrons. The smallest absolute Gasteiger partial charge is 0.119 e.